The highest BCUT2D eigenvalue weighted by molar-refractivity contribution is 5.76. The van der Waals surface area contributed by atoms with Crippen LogP contribution in [0.25, 0.3) is 0 Å². The lowest BCUT2D eigenvalue weighted by molar-refractivity contribution is -0.145. The van der Waals surface area contributed by atoms with Gasteiger partial charge in [0.2, 0.25) is 5.91 Å². The van der Waals surface area contributed by atoms with Crippen molar-refractivity contribution in [3.8, 4) is 0 Å². The number of esters is 1. The Morgan fingerprint density at radius 1 is 0.658 bits per heavy atom. The van der Waals surface area contributed by atoms with Crippen molar-refractivity contribution in [2.45, 2.75) is 162 Å². The third-order valence-electron chi connectivity index (χ3n) is 7.26. The number of allylic oxidation sites excluding steroid dienone is 2. The van der Waals surface area contributed by atoms with E-state index in [1.807, 2.05) is 6.92 Å². The van der Waals surface area contributed by atoms with Crippen molar-refractivity contribution in [3.63, 3.8) is 0 Å². The Bertz CT molecular complexity index is 556. The average molecular weight is 537 g/mol. The van der Waals surface area contributed by atoms with Crippen LogP contribution in [0.3, 0.4) is 0 Å². The molecule has 1 amide bonds. The van der Waals surface area contributed by atoms with Crippen molar-refractivity contribution in [2.75, 3.05) is 26.2 Å². The average Bonchev–Trinajstić information content (AvgIpc) is 2.92. The van der Waals surface area contributed by atoms with Crippen LogP contribution in [0.1, 0.15) is 156 Å². The van der Waals surface area contributed by atoms with E-state index in [1.165, 1.54) is 96.3 Å². The predicted molar refractivity (Wildman–Crippen MR) is 164 cm³/mol. The number of unbranched alkanes of at least 4 members (excludes halogenated alkanes) is 13. The smallest absolute Gasteiger partial charge is 0.307 e. The zero-order valence-electron chi connectivity index (χ0n) is 25.9. The fourth-order valence-corrected chi connectivity index (χ4v) is 4.53. The van der Waals surface area contributed by atoms with E-state index in [1.54, 1.807) is 0 Å². The minimum absolute atomic E-state index is 0.0795. The summed E-state index contributed by atoms with van der Waals surface area (Å²) >= 11 is 0. The molecule has 0 bridgehead atoms. The highest BCUT2D eigenvalue weighted by atomic mass is 16.5. The number of hydrogen-bond donors (Lipinski definition) is 1. The van der Waals surface area contributed by atoms with Gasteiger partial charge >= 0.3 is 5.97 Å². The first kappa shape index (κ1) is 36.6. The molecule has 0 saturated carbocycles. The quantitative estimate of drug-likeness (QED) is 0.0617. The number of carbonyl (C=O) groups excluding carboxylic acids is 2. The van der Waals surface area contributed by atoms with Crippen LogP contribution in [0.15, 0.2) is 12.2 Å². The van der Waals surface area contributed by atoms with Crippen LogP contribution in [-0.2, 0) is 14.3 Å². The van der Waals surface area contributed by atoms with Crippen molar-refractivity contribution < 1.29 is 14.3 Å². The Hall–Kier alpha value is -1.36. The molecular weight excluding hydrogens is 472 g/mol. The number of nitrogens with one attached hydrogen (secondary N) is 1. The minimum atomic E-state index is -0.159. The molecule has 38 heavy (non-hydrogen) atoms. The van der Waals surface area contributed by atoms with E-state index in [-0.39, 0.29) is 24.5 Å². The molecule has 0 radical (unpaired) electrons. The van der Waals surface area contributed by atoms with Gasteiger partial charge in [0.1, 0.15) is 6.61 Å². The maximum absolute atomic E-state index is 12.3. The Morgan fingerprint density at radius 3 is 1.74 bits per heavy atom. The van der Waals surface area contributed by atoms with Crippen LogP contribution in [0.4, 0.5) is 0 Å². The lowest BCUT2D eigenvalue weighted by atomic mass is 10.1. The number of nitrogens with zero attached hydrogens (tertiary/aromatic N) is 1. The van der Waals surface area contributed by atoms with Gasteiger partial charge in [0.15, 0.2) is 0 Å². The SMILES string of the molecule is CCCCCCCC/C=C\CCCCCCCC(=O)NC(CC)COC(=O)CCN(CCCC)CCCC. The molecule has 0 aliphatic carbocycles. The molecule has 1 N–H and O–H groups in total. The first-order valence-corrected chi connectivity index (χ1v) is 16.4. The highest BCUT2D eigenvalue weighted by Gasteiger charge is 2.14. The summed E-state index contributed by atoms with van der Waals surface area (Å²) in [5.74, 6) is -0.0798. The zero-order valence-corrected chi connectivity index (χ0v) is 25.9. The fraction of sp³-hybridized carbons (Fsp3) is 0.879. The molecule has 0 saturated heterocycles. The van der Waals surface area contributed by atoms with Gasteiger partial charge in [0, 0.05) is 13.0 Å². The van der Waals surface area contributed by atoms with E-state index in [4.69, 9.17) is 4.74 Å². The molecule has 0 aliphatic rings. The van der Waals surface area contributed by atoms with Crippen molar-refractivity contribution in [3.05, 3.63) is 12.2 Å². The van der Waals surface area contributed by atoms with E-state index in [2.05, 4.69) is 43.1 Å². The molecule has 0 fully saturated rings. The normalized spacial score (nSPS) is 12.3. The van der Waals surface area contributed by atoms with Crippen LogP contribution >= 0.6 is 0 Å². The lowest BCUT2D eigenvalue weighted by Crippen LogP contribution is -2.38. The fourth-order valence-electron chi connectivity index (χ4n) is 4.53. The second-order valence-corrected chi connectivity index (χ2v) is 11.0. The molecule has 0 heterocycles. The van der Waals surface area contributed by atoms with Gasteiger partial charge < -0.3 is 15.0 Å². The van der Waals surface area contributed by atoms with Gasteiger partial charge in [0.05, 0.1) is 12.5 Å². The molecule has 1 atom stereocenters. The molecule has 0 aromatic rings. The van der Waals surface area contributed by atoms with Crippen LogP contribution < -0.4 is 5.32 Å². The van der Waals surface area contributed by atoms with Crippen molar-refractivity contribution >= 4 is 11.9 Å². The number of amides is 1. The van der Waals surface area contributed by atoms with E-state index in [0.29, 0.717) is 12.8 Å². The standard InChI is InChI=1S/C33H64N2O3/c1-5-9-12-13-14-15-16-17-18-19-20-21-22-23-24-25-32(36)34-31(8-4)30-38-33(37)26-29-35(27-10-6-2)28-11-7-3/h17-18,31H,5-16,19-30H2,1-4H3,(H,34,36)/b18-17-. The van der Waals surface area contributed by atoms with Crippen LogP contribution in [0.2, 0.25) is 0 Å². The maximum Gasteiger partial charge on any atom is 0.307 e. The van der Waals surface area contributed by atoms with Gasteiger partial charge in [0.25, 0.3) is 0 Å². The first-order chi connectivity index (χ1) is 18.6. The second kappa shape index (κ2) is 28.6. The van der Waals surface area contributed by atoms with Gasteiger partial charge in [-0.25, -0.2) is 0 Å². The number of ether oxygens (including phenoxy) is 1. The maximum atomic E-state index is 12.3. The van der Waals surface area contributed by atoms with Crippen LogP contribution in [0, 0.1) is 0 Å². The summed E-state index contributed by atoms with van der Waals surface area (Å²) in [7, 11) is 0. The van der Waals surface area contributed by atoms with Crippen molar-refractivity contribution in [1.82, 2.24) is 10.2 Å². The van der Waals surface area contributed by atoms with Gasteiger partial charge in [-0.05, 0) is 64.5 Å². The highest BCUT2D eigenvalue weighted by Crippen LogP contribution is 2.10. The molecule has 5 nitrogen and oxygen atoms in total. The Balaban J connectivity index is 3.80. The van der Waals surface area contributed by atoms with E-state index in [9.17, 15) is 9.59 Å². The Labute approximate surface area is 236 Å². The summed E-state index contributed by atoms with van der Waals surface area (Å²) < 4.78 is 5.50. The van der Waals surface area contributed by atoms with Crippen molar-refractivity contribution in [2.24, 2.45) is 0 Å². The first-order valence-electron chi connectivity index (χ1n) is 16.4. The summed E-state index contributed by atoms with van der Waals surface area (Å²) in [4.78, 5) is 27.0. The largest absolute Gasteiger partial charge is 0.463 e. The minimum Gasteiger partial charge on any atom is -0.463 e. The topological polar surface area (TPSA) is 58.6 Å². The second-order valence-electron chi connectivity index (χ2n) is 11.0. The number of hydrogen-bond acceptors (Lipinski definition) is 4. The molecule has 0 aliphatic heterocycles. The molecule has 5 heteroatoms. The summed E-state index contributed by atoms with van der Waals surface area (Å²) in [5.41, 5.74) is 0. The summed E-state index contributed by atoms with van der Waals surface area (Å²) in [6.45, 7) is 11.8. The number of carbonyl (C=O) groups is 2. The summed E-state index contributed by atoms with van der Waals surface area (Å²) in [6, 6.07) is -0.0918. The molecule has 0 spiro atoms. The molecule has 1 unspecified atom stereocenters. The van der Waals surface area contributed by atoms with Crippen molar-refractivity contribution in [1.29, 1.82) is 0 Å². The molecule has 224 valence electrons. The van der Waals surface area contributed by atoms with Gasteiger partial charge in [-0.15, -0.1) is 0 Å². The number of rotatable bonds is 28. The Kier molecular flexibility index (Phi) is 27.6. The Morgan fingerprint density at radius 2 is 1.18 bits per heavy atom. The predicted octanol–water partition coefficient (Wildman–Crippen LogP) is 8.75. The molecule has 0 aromatic carbocycles. The lowest BCUT2D eigenvalue weighted by Gasteiger charge is -2.22. The monoisotopic (exact) mass is 536 g/mol. The summed E-state index contributed by atoms with van der Waals surface area (Å²) in [5, 5.41) is 3.06. The third-order valence-corrected chi connectivity index (χ3v) is 7.26. The van der Waals surface area contributed by atoms with Crippen LogP contribution in [0.5, 0.6) is 0 Å². The van der Waals surface area contributed by atoms with Gasteiger partial charge in [-0.3, -0.25) is 9.59 Å². The third kappa shape index (κ3) is 24.9. The molecule has 0 rings (SSSR count). The van der Waals surface area contributed by atoms with E-state index < -0.39 is 0 Å². The molecular formula is C33H64N2O3. The van der Waals surface area contributed by atoms with Crippen LogP contribution in [-0.4, -0.2) is 49.1 Å². The molecule has 0 aromatic heterocycles. The summed E-state index contributed by atoms with van der Waals surface area (Å²) in [6.07, 6.45) is 27.5. The zero-order chi connectivity index (χ0) is 28.1. The van der Waals surface area contributed by atoms with Gasteiger partial charge in [-0.1, -0.05) is 104 Å². The van der Waals surface area contributed by atoms with E-state index >= 15 is 0 Å². The van der Waals surface area contributed by atoms with Gasteiger partial charge in [-0.2, -0.15) is 0 Å². The van der Waals surface area contributed by atoms with E-state index in [0.717, 1.165) is 38.9 Å².